The van der Waals surface area contributed by atoms with Gasteiger partial charge in [0.05, 0.1) is 7.11 Å². The number of carbonyl (C=O) groups excluding carboxylic acids is 2. The number of nitrogens with one attached hydrogen (secondary N) is 2. The van der Waals surface area contributed by atoms with Crippen LogP contribution >= 0.6 is 0 Å². The molecule has 18 heavy (non-hydrogen) atoms. The van der Waals surface area contributed by atoms with Crippen molar-refractivity contribution < 1.29 is 14.3 Å². The van der Waals surface area contributed by atoms with Crippen molar-refractivity contribution in [2.24, 2.45) is 11.8 Å². The predicted octanol–water partition coefficient (Wildman–Crippen LogP) is 0.690. The maximum atomic E-state index is 11.9. The lowest BCUT2D eigenvalue weighted by Crippen LogP contribution is -2.45. The summed E-state index contributed by atoms with van der Waals surface area (Å²) >= 11 is 0. The van der Waals surface area contributed by atoms with E-state index in [1.807, 2.05) is 13.8 Å². The van der Waals surface area contributed by atoms with Gasteiger partial charge in [0.2, 0.25) is 5.91 Å². The molecule has 0 aromatic heterocycles. The van der Waals surface area contributed by atoms with E-state index in [4.69, 9.17) is 4.74 Å². The summed E-state index contributed by atoms with van der Waals surface area (Å²) in [5.74, 6) is 0.0424. The first-order valence-corrected chi connectivity index (χ1v) is 6.62. The molecule has 0 spiro atoms. The zero-order chi connectivity index (χ0) is 13.5. The Bertz CT molecular complexity index is 286. The van der Waals surface area contributed by atoms with Gasteiger partial charge >= 0.3 is 5.97 Å². The Morgan fingerprint density at radius 3 is 2.44 bits per heavy atom. The fraction of sp³-hybridized carbons (Fsp3) is 0.846. The number of rotatable bonds is 5. The van der Waals surface area contributed by atoms with E-state index < -0.39 is 6.04 Å². The minimum Gasteiger partial charge on any atom is -0.467 e. The molecule has 1 atom stereocenters. The smallest absolute Gasteiger partial charge is 0.328 e. The van der Waals surface area contributed by atoms with Crippen molar-refractivity contribution in [3.63, 3.8) is 0 Å². The van der Waals surface area contributed by atoms with Gasteiger partial charge in [-0.1, -0.05) is 13.8 Å². The highest BCUT2D eigenvalue weighted by Gasteiger charge is 2.26. The number of carbonyl (C=O) groups is 2. The molecular formula is C13H24N2O3. The lowest BCUT2D eigenvalue weighted by Gasteiger charge is -2.24. The Balaban J connectivity index is 2.42. The van der Waals surface area contributed by atoms with Crippen LogP contribution in [-0.2, 0) is 14.3 Å². The maximum Gasteiger partial charge on any atom is 0.328 e. The second kappa shape index (κ2) is 7.36. The van der Waals surface area contributed by atoms with Crippen LogP contribution in [0.25, 0.3) is 0 Å². The molecule has 1 amide bonds. The van der Waals surface area contributed by atoms with Gasteiger partial charge in [0.1, 0.15) is 6.04 Å². The summed E-state index contributed by atoms with van der Waals surface area (Å²) < 4.78 is 4.70. The van der Waals surface area contributed by atoms with Crippen molar-refractivity contribution in [2.75, 3.05) is 20.2 Å². The molecule has 1 saturated heterocycles. The first kappa shape index (κ1) is 15.0. The molecule has 2 N–H and O–H groups in total. The highest BCUT2D eigenvalue weighted by Crippen LogP contribution is 2.16. The van der Waals surface area contributed by atoms with E-state index in [1.165, 1.54) is 7.11 Å². The van der Waals surface area contributed by atoms with Gasteiger partial charge in [-0.15, -0.1) is 0 Å². The average molecular weight is 256 g/mol. The monoisotopic (exact) mass is 256 g/mol. The number of methoxy groups -OCH3 is 1. The Morgan fingerprint density at radius 1 is 1.33 bits per heavy atom. The summed E-state index contributed by atoms with van der Waals surface area (Å²) in [6, 6.07) is -0.538. The number of hydrogen-bond donors (Lipinski definition) is 2. The normalized spacial score (nSPS) is 18.4. The van der Waals surface area contributed by atoms with Crippen LogP contribution in [0.1, 0.15) is 33.1 Å². The van der Waals surface area contributed by atoms with Crippen LogP contribution < -0.4 is 10.6 Å². The summed E-state index contributed by atoms with van der Waals surface area (Å²) in [6.07, 6.45) is 2.55. The van der Waals surface area contributed by atoms with Crippen LogP contribution in [0, 0.1) is 11.8 Å². The van der Waals surface area contributed by atoms with Gasteiger partial charge in [0.15, 0.2) is 0 Å². The molecule has 0 unspecified atom stereocenters. The molecule has 0 saturated carbocycles. The van der Waals surface area contributed by atoms with Crippen molar-refractivity contribution in [1.29, 1.82) is 0 Å². The Labute approximate surface area is 109 Å². The number of amides is 1. The first-order chi connectivity index (χ1) is 8.54. The molecule has 1 aliphatic rings. The van der Waals surface area contributed by atoms with Crippen LogP contribution in [0.15, 0.2) is 0 Å². The largest absolute Gasteiger partial charge is 0.467 e. The van der Waals surface area contributed by atoms with Crippen molar-refractivity contribution in [2.45, 2.75) is 39.2 Å². The molecule has 1 aliphatic heterocycles. The summed E-state index contributed by atoms with van der Waals surface area (Å²) in [7, 11) is 1.34. The topological polar surface area (TPSA) is 67.4 Å². The lowest BCUT2D eigenvalue weighted by atomic mass is 9.94. The van der Waals surface area contributed by atoms with Crippen LogP contribution in [0.3, 0.4) is 0 Å². The molecule has 0 bridgehead atoms. The summed E-state index contributed by atoms with van der Waals surface area (Å²) in [6.45, 7) is 5.74. The van der Waals surface area contributed by atoms with Gasteiger partial charge in [-0.25, -0.2) is 4.79 Å². The summed E-state index contributed by atoms with van der Waals surface area (Å²) in [4.78, 5) is 23.4. The minimum absolute atomic E-state index is 0.0365. The van der Waals surface area contributed by atoms with Crippen molar-refractivity contribution in [3.8, 4) is 0 Å². The third-order valence-corrected chi connectivity index (χ3v) is 3.37. The highest BCUT2D eigenvalue weighted by molar-refractivity contribution is 5.84. The molecular weight excluding hydrogens is 232 g/mol. The molecule has 0 aliphatic carbocycles. The molecule has 1 heterocycles. The van der Waals surface area contributed by atoms with E-state index >= 15 is 0 Å². The second-order valence-electron chi connectivity index (χ2n) is 5.21. The zero-order valence-corrected chi connectivity index (χ0v) is 11.5. The van der Waals surface area contributed by atoms with Crippen molar-refractivity contribution in [1.82, 2.24) is 10.6 Å². The average Bonchev–Trinajstić information content (AvgIpc) is 2.36. The number of hydrogen-bond acceptors (Lipinski definition) is 4. The minimum atomic E-state index is -0.538. The van der Waals surface area contributed by atoms with Crippen LogP contribution in [0.2, 0.25) is 0 Å². The van der Waals surface area contributed by atoms with Gasteiger partial charge in [0, 0.05) is 6.42 Å². The molecule has 0 aromatic rings. The first-order valence-electron chi connectivity index (χ1n) is 6.62. The standard InChI is InChI=1S/C13H24N2O3/c1-9(2)12(13(17)18-3)15-11(16)8-10-4-6-14-7-5-10/h9-10,12,14H,4-8H2,1-3H3,(H,15,16)/t12-/m0/s1. The van der Waals surface area contributed by atoms with Crippen LogP contribution in [0.4, 0.5) is 0 Å². The van der Waals surface area contributed by atoms with Crippen LogP contribution in [0.5, 0.6) is 0 Å². The fourth-order valence-electron chi connectivity index (χ4n) is 2.21. The Hall–Kier alpha value is -1.10. The van der Waals surface area contributed by atoms with Crippen molar-refractivity contribution >= 4 is 11.9 Å². The highest BCUT2D eigenvalue weighted by atomic mass is 16.5. The zero-order valence-electron chi connectivity index (χ0n) is 11.5. The van der Waals surface area contributed by atoms with Crippen molar-refractivity contribution in [3.05, 3.63) is 0 Å². The van der Waals surface area contributed by atoms with Gasteiger partial charge < -0.3 is 15.4 Å². The Kier molecular flexibility index (Phi) is 6.12. The Morgan fingerprint density at radius 2 is 1.94 bits per heavy atom. The quantitative estimate of drug-likeness (QED) is 0.710. The summed E-state index contributed by atoms with van der Waals surface area (Å²) in [5, 5.41) is 6.05. The van der Waals surface area contributed by atoms with E-state index in [0.717, 1.165) is 25.9 Å². The van der Waals surface area contributed by atoms with E-state index in [9.17, 15) is 9.59 Å². The van der Waals surface area contributed by atoms with Gasteiger partial charge in [-0.3, -0.25) is 4.79 Å². The van der Waals surface area contributed by atoms with Gasteiger partial charge in [0.25, 0.3) is 0 Å². The fourth-order valence-corrected chi connectivity index (χ4v) is 2.21. The van der Waals surface area contributed by atoms with E-state index in [2.05, 4.69) is 10.6 Å². The third-order valence-electron chi connectivity index (χ3n) is 3.37. The number of piperidine rings is 1. The number of ether oxygens (including phenoxy) is 1. The van der Waals surface area contributed by atoms with E-state index in [1.54, 1.807) is 0 Å². The maximum absolute atomic E-state index is 11.9. The molecule has 5 heteroatoms. The van der Waals surface area contributed by atoms with E-state index in [-0.39, 0.29) is 17.8 Å². The molecule has 104 valence electrons. The van der Waals surface area contributed by atoms with E-state index in [0.29, 0.717) is 12.3 Å². The third kappa shape index (κ3) is 4.64. The predicted molar refractivity (Wildman–Crippen MR) is 69.0 cm³/mol. The van der Waals surface area contributed by atoms with Gasteiger partial charge in [-0.05, 0) is 37.8 Å². The molecule has 1 rings (SSSR count). The molecule has 1 fully saturated rings. The molecule has 5 nitrogen and oxygen atoms in total. The van der Waals surface area contributed by atoms with Crippen LogP contribution in [-0.4, -0.2) is 38.1 Å². The number of esters is 1. The lowest BCUT2D eigenvalue weighted by molar-refractivity contribution is -0.146. The molecule has 0 aromatic carbocycles. The molecule has 0 radical (unpaired) electrons. The van der Waals surface area contributed by atoms with Gasteiger partial charge in [-0.2, -0.15) is 0 Å². The second-order valence-corrected chi connectivity index (χ2v) is 5.21. The SMILES string of the molecule is COC(=O)[C@@H](NC(=O)CC1CCNCC1)C(C)C. The summed E-state index contributed by atoms with van der Waals surface area (Å²) in [5.41, 5.74) is 0.